The van der Waals surface area contributed by atoms with Gasteiger partial charge in [0.25, 0.3) is 0 Å². The highest BCUT2D eigenvalue weighted by atomic mass is 16.8. The van der Waals surface area contributed by atoms with Crippen LogP contribution in [0.3, 0.4) is 0 Å². The van der Waals surface area contributed by atoms with E-state index in [1.54, 1.807) is 30.3 Å². The first-order valence-electron chi connectivity index (χ1n) is 9.99. The van der Waals surface area contributed by atoms with Crippen molar-refractivity contribution in [3.8, 4) is 0 Å². The highest BCUT2D eigenvalue weighted by Gasteiger charge is 2.59. The topological polar surface area (TPSA) is 71.1 Å². The van der Waals surface area contributed by atoms with Gasteiger partial charge in [-0.05, 0) is 31.4 Å². The van der Waals surface area contributed by atoms with E-state index in [9.17, 15) is 9.59 Å². The molecule has 0 amide bonds. The van der Waals surface area contributed by atoms with Gasteiger partial charge in [0.15, 0.2) is 18.2 Å². The summed E-state index contributed by atoms with van der Waals surface area (Å²) in [6.45, 7) is 3.77. The summed E-state index contributed by atoms with van der Waals surface area (Å²) in [6, 6.07) is 8.81. The molecule has 0 N–H and O–H groups in total. The summed E-state index contributed by atoms with van der Waals surface area (Å²) in [5, 5.41) is 0. The molecule has 1 aromatic carbocycles. The van der Waals surface area contributed by atoms with Gasteiger partial charge in [-0.3, -0.25) is 0 Å². The Morgan fingerprint density at radius 2 is 1.86 bits per heavy atom. The number of carbonyl (C=O) groups excluding carboxylic acids is 2. The second-order valence-corrected chi connectivity index (χ2v) is 7.67. The van der Waals surface area contributed by atoms with Crippen molar-refractivity contribution < 1.29 is 28.5 Å². The summed E-state index contributed by atoms with van der Waals surface area (Å²) in [4.78, 5) is 24.4. The van der Waals surface area contributed by atoms with Gasteiger partial charge in [-0.25, -0.2) is 4.79 Å². The standard InChI is InChI=1S/C22H26O6/c1-2-9-16-18(26-21(24)15-10-5-3-6-11-15)20-19(17(14-23)25-16)27-22(28-20)12-7-4-8-13-22/h2-3,5-6,10-11,14,16-20H,1,4,7-9,12-13H2/t16?,17-,18-,19+,20?/m0/s1. The Morgan fingerprint density at radius 3 is 2.54 bits per heavy atom. The Hall–Kier alpha value is -2.02. The first-order valence-corrected chi connectivity index (χ1v) is 9.99. The van der Waals surface area contributed by atoms with Gasteiger partial charge in [0.2, 0.25) is 0 Å². The molecule has 3 fully saturated rings. The van der Waals surface area contributed by atoms with E-state index < -0.39 is 42.3 Å². The predicted octanol–water partition coefficient (Wildman–Crippen LogP) is 3.20. The lowest BCUT2D eigenvalue weighted by Gasteiger charge is -2.39. The Labute approximate surface area is 164 Å². The van der Waals surface area contributed by atoms with Crippen LogP contribution in [0.5, 0.6) is 0 Å². The summed E-state index contributed by atoms with van der Waals surface area (Å²) in [5.74, 6) is -1.15. The maximum Gasteiger partial charge on any atom is 0.338 e. The van der Waals surface area contributed by atoms with Crippen molar-refractivity contribution >= 4 is 12.3 Å². The molecule has 2 heterocycles. The summed E-state index contributed by atoms with van der Waals surface area (Å²) < 4.78 is 24.4. The molecule has 0 aromatic heterocycles. The molecule has 0 radical (unpaired) electrons. The largest absolute Gasteiger partial charge is 0.453 e. The smallest absolute Gasteiger partial charge is 0.338 e. The summed E-state index contributed by atoms with van der Waals surface area (Å²) in [5.41, 5.74) is 0.459. The minimum absolute atomic E-state index is 0.441. The average molecular weight is 386 g/mol. The van der Waals surface area contributed by atoms with Crippen LogP contribution in [-0.4, -0.2) is 48.6 Å². The number of aldehydes is 1. The zero-order valence-corrected chi connectivity index (χ0v) is 15.8. The number of hydrogen-bond acceptors (Lipinski definition) is 6. The van der Waals surface area contributed by atoms with Crippen LogP contribution in [0.25, 0.3) is 0 Å². The third-order valence-corrected chi connectivity index (χ3v) is 5.77. The monoisotopic (exact) mass is 386 g/mol. The average Bonchev–Trinajstić information content (AvgIpc) is 3.09. The molecule has 6 heteroatoms. The molecule has 2 unspecified atom stereocenters. The van der Waals surface area contributed by atoms with Gasteiger partial charge in [0, 0.05) is 12.8 Å². The fourth-order valence-corrected chi connectivity index (χ4v) is 4.43. The van der Waals surface area contributed by atoms with E-state index in [2.05, 4.69) is 6.58 Å². The van der Waals surface area contributed by atoms with Crippen molar-refractivity contribution in [1.82, 2.24) is 0 Å². The number of carbonyl (C=O) groups is 2. The van der Waals surface area contributed by atoms with Gasteiger partial charge in [0.05, 0.1) is 5.56 Å². The molecule has 4 rings (SSSR count). The number of benzene rings is 1. The molecular formula is C22H26O6. The Kier molecular flexibility index (Phi) is 5.62. The van der Waals surface area contributed by atoms with Crippen molar-refractivity contribution in [2.45, 2.75) is 74.8 Å². The fourth-order valence-electron chi connectivity index (χ4n) is 4.43. The van der Waals surface area contributed by atoms with Crippen LogP contribution in [0.4, 0.5) is 0 Å². The van der Waals surface area contributed by atoms with Crippen LogP contribution in [0.1, 0.15) is 48.9 Å². The molecule has 6 nitrogen and oxygen atoms in total. The van der Waals surface area contributed by atoms with E-state index in [0.717, 1.165) is 38.4 Å². The van der Waals surface area contributed by atoms with Crippen molar-refractivity contribution in [3.05, 3.63) is 48.6 Å². The van der Waals surface area contributed by atoms with Gasteiger partial charge in [-0.1, -0.05) is 30.7 Å². The maximum absolute atomic E-state index is 12.7. The highest BCUT2D eigenvalue weighted by molar-refractivity contribution is 5.89. The zero-order chi connectivity index (χ0) is 19.6. The van der Waals surface area contributed by atoms with Crippen LogP contribution in [-0.2, 0) is 23.7 Å². The van der Waals surface area contributed by atoms with Crippen LogP contribution in [0.15, 0.2) is 43.0 Å². The number of fused-ring (bicyclic) bond motifs is 1. The van der Waals surface area contributed by atoms with Gasteiger partial charge in [0.1, 0.15) is 24.4 Å². The third-order valence-electron chi connectivity index (χ3n) is 5.77. The highest BCUT2D eigenvalue weighted by Crippen LogP contribution is 2.45. The summed E-state index contributed by atoms with van der Waals surface area (Å²) in [6.07, 6.45) is 4.56. The second kappa shape index (κ2) is 8.15. The zero-order valence-electron chi connectivity index (χ0n) is 15.8. The molecule has 1 saturated carbocycles. The van der Waals surface area contributed by atoms with Gasteiger partial charge in [-0.15, -0.1) is 6.58 Å². The number of esters is 1. The number of ether oxygens (including phenoxy) is 4. The molecule has 5 atom stereocenters. The van der Waals surface area contributed by atoms with E-state index in [-0.39, 0.29) is 0 Å². The molecule has 150 valence electrons. The summed E-state index contributed by atoms with van der Waals surface area (Å²) >= 11 is 0. The van der Waals surface area contributed by atoms with Crippen molar-refractivity contribution in [3.63, 3.8) is 0 Å². The Morgan fingerprint density at radius 1 is 1.14 bits per heavy atom. The van der Waals surface area contributed by atoms with E-state index >= 15 is 0 Å². The Balaban J connectivity index is 1.60. The van der Waals surface area contributed by atoms with Crippen molar-refractivity contribution in [2.75, 3.05) is 0 Å². The maximum atomic E-state index is 12.7. The van der Waals surface area contributed by atoms with E-state index in [4.69, 9.17) is 18.9 Å². The third kappa shape index (κ3) is 3.64. The van der Waals surface area contributed by atoms with E-state index in [1.165, 1.54) is 0 Å². The van der Waals surface area contributed by atoms with Crippen LogP contribution >= 0.6 is 0 Å². The van der Waals surface area contributed by atoms with E-state index in [0.29, 0.717) is 12.0 Å². The molecule has 2 aliphatic heterocycles. The van der Waals surface area contributed by atoms with Crippen molar-refractivity contribution in [2.24, 2.45) is 0 Å². The van der Waals surface area contributed by atoms with Gasteiger partial charge < -0.3 is 23.7 Å². The number of rotatable bonds is 5. The molecular weight excluding hydrogens is 360 g/mol. The molecule has 1 aliphatic carbocycles. The van der Waals surface area contributed by atoms with E-state index in [1.807, 2.05) is 6.07 Å². The molecule has 1 spiro atoms. The van der Waals surface area contributed by atoms with Crippen LogP contribution in [0, 0.1) is 0 Å². The Bertz CT molecular complexity index is 711. The number of hydrogen-bond donors (Lipinski definition) is 0. The minimum Gasteiger partial charge on any atom is -0.453 e. The van der Waals surface area contributed by atoms with Crippen molar-refractivity contribution in [1.29, 1.82) is 0 Å². The molecule has 0 bridgehead atoms. The van der Waals surface area contributed by atoms with Crippen LogP contribution < -0.4 is 0 Å². The quantitative estimate of drug-likeness (QED) is 0.440. The predicted molar refractivity (Wildman–Crippen MR) is 101 cm³/mol. The van der Waals surface area contributed by atoms with Gasteiger partial charge in [-0.2, -0.15) is 0 Å². The normalized spacial score (nSPS) is 33.8. The molecule has 2 saturated heterocycles. The minimum atomic E-state index is -0.747. The molecule has 1 aromatic rings. The second-order valence-electron chi connectivity index (χ2n) is 7.67. The first-order chi connectivity index (χ1) is 13.7. The first kappa shape index (κ1) is 19.3. The lowest BCUT2D eigenvalue weighted by atomic mass is 9.93. The van der Waals surface area contributed by atoms with Crippen LogP contribution in [0.2, 0.25) is 0 Å². The van der Waals surface area contributed by atoms with Gasteiger partial charge >= 0.3 is 5.97 Å². The fraction of sp³-hybridized carbons (Fsp3) is 0.545. The lowest BCUT2D eigenvalue weighted by Crippen LogP contribution is -2.58. The SMILES string of the molecule is C=CCC1O[C@@H](C=O)[C@H]2OC3(CCCCC3)OC2[C@H]1OC(=O)c1ccccc1. The molecule has 28 heavy (non-hydrogen) atoms. The molecule has 3 aliphatic rings. The lowest BCUT2D eigenvalue weighted by molar-refractivity contribution is -0.199. The summed E-state index contributed by atoms with van der Waals surface area (Å²) in [7, 11) is 0.